The molecule has 1 unspecified atom stereocenters. The largest absolute Gasteiger partial charge is 0.491 e. The summed E-state index contributed by atoms with van der Waals surface area (Å²) < 4.78 is 10.7. The van der Waals surface area contributed by atoms with Crippen molar-refractivity contribution in [3.8, 4) is 5.75 Å². The number of methoxy groups -OCH3 is 1. The third kappa shape index (κ3) is 6.70. The first-order chi connectivity index (χ1) is 13.5. The van der Waals surface area contributed by atoms with Gasteiger partial charge in [0.15, 0.2) is 0 Å². The zero-order valence-corrected chi connectivity index (χ0v) is 16.7. The Morgan fingerprint density at radius 1 is 1.04 bits per heavy atom. The summed E-state index contributed by atoms with van der Waals surface area (Å²) in [5.41, 5.74) is 1.54. The topological polar surface area (TPSA) is 76.7 Å². The monoisotopic (exact) mass is 384 g/mol. The second kappa shape index (κ2) is 11.1. The first-order valence-corrected chi connectivity index (χ1v) is 9.48. The van der Waals surface area contributed by atoms with Crippen LogP contribution in [0.4, 0.5) is 5.69 Å². The molecule has 0 aromatic heterocycles. The number of rotatable bonds is 10. The van der Waals surface area contributed by atoms with E-state index >= 15 is 0 Å². The van der Waals surface area contributed by atoms with Crippen LogP contribution >= 0.6 is 0 Å². The molecule has 6 nitrogen and oxygen atoms in total. The molecule has 2 amide bonds. The molecule has 0 aliphatic rings. The van der Waals surface area contributed by atoms with E-state index in [1.54, 1.807) is 49.6 Å². The predicted octanol–water partition coefficient (Wildman–Crippen LogP) is 3.88. The van der Waals surface area contributed by atoms with Crippen LogP contribution in [-0.4, -0.2) is 38.2 Å². The van der Waals surface area contributed by atoms with Gasteiger partial charge in [-0.15, -0.1) is 0 Å². The molecule has 0 fully saturated rings. The van der Waals surface area contributed by atoms with Crippen molar-refractivity contribution in [3.05, 3.63) is 59.7 Å². The number of hydrogen-bond acceptors (Lipinski definition) is 4. The summed E-state index contributed by atoms with van der Waals surface area (Å²) in [5.74, 6) is 0.217. The maximum absolute atomic E-state index is 12.6. The average Bonchev–Trinajstić information content (AvgIpc) is 2.71. The highest BCUT2D eigenvalue weighted by Gasteiger charge is 2.11. The number of anilines is 1. The van der Waals surface area contributed by atoms with E-state index in [1.807, 2.05) is 19.9 Å². The van der Waals surface area contributed by atoms with Gasteiger partial charge in [0.05, 0.1) is 6.10 Å². The first-order valence-electron chi connectivity index (χ1n) is 9.48. The Bertz CT molecular complexity index is 792. The van der Waals surface area contributed by atoms with Gasteiger partial charge < -0.3 is 20.1 Å². The Kier molecular flexibility index (Phi) is 8.49. The molecule has 0 aliphatic heterocycles. The molecule has 2 rings (SSSR count). The minimum absolute atomic E-state index is 0.0809. The lowest BCUT2D eigenvalue weighted by molar-refractivity contribution is 0.0947. The lowest BCUT2D eigenvalue weighted by atomic mass is 10.1. The molecule has 2 aromatic carbocycles. The van der Waals surface area contributed by atoms with Crippen molar-refractivity contribution in [1.82, 2.24) is 5.32 Å². The highest BCUT2D eigenvalue weighted by atomic mass is 16.5. The van der Waals surface area contributed by atoms with Gasteiger partial charge >= 0.3 is 0 Å². The molecule has 0 spiro atoms. The second-order valence-electron chi connectivity index (χ2n) is 6.50. The number of benzene rings is 2. The van der Waals surface area contributed by atoms with Crippen molar-refractivity contribution in [2.45, 2.75) is 32.8 Å². The average molecular weight is 384 g/mol. The minimum atomic E-state index is -0.257. The zero-order valence-electron chi connectivity index (χ0n) is 16.7. The summed E-state index contributed by atoms with van der Waals surface area (Å²) in [6.07, 6.45) is 1.71. The van der Waals surface area contributed by atoms with Crippen LogP contribution in [0, 0.1) is 0 Å². The van der Waals surface area contributed by atoms with Crippen LogP contribution in [0.2, 0.25) is 0 Å². The van der Waals surface area contributed by atoms with Crippen LogP contribution in [0.5, 0.6) is 5.75 Å². The Hall–Kier alpha value is -2.86. The quantitative estimate of drug-likeness (QED) is 0.610. The SMILES string of the molecule is CCC(C)Oc1cccc(C(=O)Nc2cccc(C(=O)NCCCOC)c2)c1. The number of nitrogens with one attached hydrogen (secondary N) is 2. The van der Waals surface area contributed by atoms with Gasteiger partial charge in [0, 0.05) is 37.1 Å². The Morgan fingerprint density at radius 2 is 1.75 bits per heavy atom. The number of carbonyl (C=O) groups excluding carboxylic acids is 2. The molecule has 2 aromatic rings. The van der Waals surface area contributed by atoms with E-state index < -0.39 is 0 Å². The normalized spacial score (nSPS) is 11.5. The summed E-state index contributed by atoms with van der Waals surface area (Å²) in [4.78, 5) is 24.8. The smallest absolute Gasteiger partial charge is 0.255 e. The van der Waals surface area contributed by atoms with Crippen molar-refractivity contribution in [2.75, 3.05) is 25.6 Å². The third-order valence-electron chi connectivity index (χ3n) is 4.20. The van der Waals surface area contributed by atoms with E-state index in [9.17, 15) is 9.59 Å². The van der Waals surface area contributed by atoms with Crippen molar-refractivity contribution in [3.63, 3.8) is 0 Å². The van der Waals surface area contributed by atoms with Crippen LogP contribution in [0.3, 0.4) is 0 Å². The molecule has 28 heavy (non-hydrogen) atoms. The van der Waals surface area contributed by atoms with Crippen molar-refractivity contribution in [1.29, 1.82) is 0 Å². The summed E-state index contributed by atoms with van der Waals surface area (Å²) in [7, 11) is 1.63. The molecule has 1 atom stereocenters. The van der Waals surface area contributed by atoms with Gasteiger partial charge in [-0.3, -0.25) is 9.59 Å². The molecule has 150 valence electrons. The summed E-state index contributed by atoms with van der Waals surface area (Å²) >= 11 is 0. The molecule has 0 radical (unpaired) electrons. The van der Waals surface area contributed by atoms with Crippen molar-refractivity contribution in [2.24, 2.45) is 0 Å². The predicted molar refractivity (Wildman–Crippen MR) is 110 cm³/mol. The lowest BCUT2D eigenvalue weighted by Crippen LogP contribution is -2.25. The van der Waals surface area contributed by atoms with E-state index in [4.69, 9.17) is 9.47 Å². The fourth-order valence-electron chi connectivity index (χ4n) is 2.49. The van der Waals surface area contributed by atoms with Gasteiger partial charge in [-0.25, -0.2) is 0 Å². The van der Waals surface area contributed by atoms with Crippen LogP contribution in [0.15, 0.2) is 48.5 Å². The molecule has 0 aliphatic carbocycles. The number of hydrogen-bond donors (Lipinski definition) is 2. The van der Waals surface area contributed by atoms with Crippen LogP contribution in [0.25, 0.3) is 0 Å². The molecule has 0 bridgehead atoms. The number of amides is 2. The Labute approximate surface area is 166 Å². The van der Waals surface area contributed by atoms with E-state index in [1.165, 1.54) is 0 Å². The summed E-state index contributed by atoms with van der Waals surface area (Å²) in [6.45, 7) is 5.16. The van der Waals surface area contributed by atoms with Crippen LogP contribution in [-0.2, 0) is 4.74 Å². The van der Waals surface area contributed by atoms with Gasteiger partial charge in [0.2, 0.25) is 0 Å². The van der Waals surface area contributed by atoms with E-state index in [0.717, 1.165) is 12.8 Å². The van der Waals surface area contributed by atoms with E-state index in [-0.39, 0.29) is 17.9 Å². The van der Waals surface area contributed by atoms with Gasteiger partial charge in [-0.05, 0) is 56.2 Å². The standard InChI is InChI=1S/C22H28N2O4/c1-4-16(2)28-20-11-6-9-18(15-20)22(26)24-19-10-5-8-17(14-19)21(25)23-12-7-13-27-3/h5-6,8-11,14-16H,4,7,12-13H2,1-3H3,(H,23,25)(H,24,26). The molecule has 6 heteroatoms. The molecule has 0 heterocycles. The molecular formula is C22H28N2O4. The highest BCUT2D eigenvalue weighted by molar-refractivity contribution is 6.05. The summed E-state index contributed by atoms with van der Waals surface area (Å²) in [6, 6.07) is 13.9. The first kappa shape index (κ1) is 21.4. The van der Waals surface area contributed by atoms with Gasteiger partial charge in [-0.2, -0.15) is 0 Å². The second-order valence-corrected chi connectivity index (χ2v) is 6.50. The molecule has 2 N–H and O–H groups in total. The summed E-state index contributed by atoms with van der Waals surface area (Å²) in [5, 5.41) is 5.66. The van der Waals surface area contributed by atoms with Gasteiger partial charge in [0.1, 0.15) is 5.75 Å². The highest BCUT2D eigenvalue weighted by Crippen LogP contribution is 2.18. The number of carbonyl (C=O) groups is 2. The molecule has 0 saturated carbocycles. The lowest BCUT2D eigenvalue weighted by Gasteiger charge is -2.13. The van der Waals surface area contributed by atoms with Gasteiger partial charge in [0.25, 0.3) is 11.8 Å². The fourth-order valence-corrected chi connectivity index (χ4v) is 2.49. The van der Waals surface area contributed by atoms with Crippen LogP contribution in [0.1, 0.15) is 47.4 Å². The Balaban J connectivity index is 2.00. The maximum Gasteiger partial charge on any atom is 0.255 e. The molecule has 0 saturated heterocycles. The van der Waals surface area contributed by atoms with Crippen molar-refractivity contribution < 1.29 is 19.1 Å². The van der Waals surface area contributed by atoms with Crippen LogP contribution < -0.4 is 15.4 Å². The number of ether oxygens (including phenoxy) is 2. The minimum Gasteiger partial charge on any atom is -0.491 e. The Morgan fingerprint density at radius 3 is 2.46 bits per heavy atom. The van der Waals surface area contributed by atoms with E-state index in [2.05, 4.69) is 10.6 Å². The van der Waals surface area contributed by atoms with Gasteiger partial charge in [-0.1, -0.05) is 19.1 Å². The van der Waals surface area contributed by atoms with E-state index in [0.29, 0.717) is 35.7 Å². The van der Waals surface area contributed by atoms with Crippen molar-refractivity contribution >= 4 is 17.5 Å². The third-order valence-corrected chi connectivity index (χ3v) is 4.20. The zero-order chi connectivity index (χ0) is 20.4. The fraction of sp³-hybridized carbons (Fsp3) is 0.364. The molecular weight excluding hydrogens is 356 g/mol. The maximum atomic E-state index is 12.6.